The molecule has 1 saturated heterocycles. The summed E-state index contributed by atoms with van der Waals surface area (Å²) in [7, 11) is 14.5. The Hall–Kier alpha value is -0.440. The molecule has 3 atom stereocenters. The largest absolute Gasteiger partial charge is 0.379 e. The van der Waals surface area contributed by atoms with E-state index in [0.717, 1.165) is 39.5 Å². The summed E-state index contributed by atoms with van der Waals surface area (Å²) in [6.45, 7) is 35.0. The molecular weight excluding hydrogens is 658 g/mol. The van der Waals surface area contributed by atoms with Crippen molar-refractivity contribution in [2.75, 3.05) is 135 Å². The van der Waals surface area contributed by atoms with Crippen molar-refractivity contribution in [3.63, 3.8) is 0 Å². The summed E-state index contributed by atoms with van der Waals surface area (Å²) >= 11 is 0. The van der Waals surface area contributed by atoms with Crippen LogP contribution in [0, 0.1) is 0 Å². The van der Waals surface area contributed by atoms with Gasteiger partial charge in [-0.15, -0.1) is 0 Å². The lowest BCUT2D eigenvalue weighted by atomic mass is 10.1. The number of likely N-dealkylation sites (tertiary alicyclic amines) is 1. The highest BCUT2D eigenvalue weighted by Crippen LogP contribution is 2.08. The summed E-state index contributed by atoms with van der Waals surface area (Å²) in [6, 6.07) is 0.685. The molecule has 318 valence electrons. The van der Waals surface area contributed by atoms with Gasteiger partial charge in [-0.2, -0.15) is 0 Å². The van der Waals surface area contributed by atoms with Crippen LogP contribution in [0.1, 0.15) is 95.4 Å². The molecule has 1 aliphatic rings. The van der Waals surface area contributed by atoms with Crippen molar-refractivity contribution >= 4 is 0 Å². The molecule has 1 heterocycles. The normalized spacial score (nSPS) is 15.6. The zero-order valence-corrected chi connectivity index (χ0v) is 38.0. The molecule has 0 aliphatic carbocycles. The van der Waals surface area contributed by atoms with Gasteiger partial charge in [0, 0.05) is 58.6 Å². The lowest BCUT2D eigenvalue weighted by Crippen LogP contribution is -2.38. The SMILES string of the molecule is CC(C)N(C)CCN1CCCCC1.CCOCC(CN(C)C)OC(C)C.CCOC[C@@H](CN(C)C)OC(C)C.CCOC[C@H](CN(C)C)OC(C)C. The van der Waals surface area contributed by atoms with E-state index in [1.165, 1.54) is 45.4 Å². The molecule has 0 saturated carbocycles. The van der Waals surface area contributed by atoms with Crippen molar-refractivity contribution in [2.45, 2.75) is 138 Å². The second-order valence-electron chi connectivity index (χ2n) is 15.7. The number of piperidine rings is 1. The topological polar surface area (TPSA) is 71.6 Å². The quantitative estimate of drug-likeness (QED) is 0.111. The van der Waals surface area contributed by atoms with Crippen molar-refractivity contribution in [3.8, 4) is 0 Å². The third kappa shape index (κ3) is 42.3. The molecule has 0 N–H and O–H groups in total. The van der Waals surface area contributed by atoms with Gasteiger partial charge in [-0.3, -0.25) is 0 Å². The zero-order valence-electron chi connectivity index (χ0n) is 38.0. The number of nitrogens with zero attached hydrogens (tertiary/aromatic N) is 5. The Morgan fingerprint density at radius 1 is 0.481 bits per heavy atom. The molecule has 0 radical (unpaired) electrons. The van der Waals surface area contributed by atoms with Crippen LogP contribution in [0.5, 0.6) is 0 Å². The maximum Gasteiger partial charge on any atom is 0.0938 e. The Morgan fingerprint density at radius 3 is 1.02 bits per heavy atom. The fourth-order valence-electron chi connectivity index (χ4n) is 5.27. The van der Waals surface area contributed by atoms with Gasteiger partial charge in [0.15, 0.2) is 0 Å². The van der Waals surface area contributed by atoms with Gasteiger partial charge in [0.1, 0.15) is 0 Å². The van der Waals surface area contributed by atoms with E-state index in [0.29, 0.717) is 25.9 Å². The zero-order chi connectivity index (χ0) is 40.5. The summed E-state index contributed by atoms with van der Waals surface area (Å²) in [6.07, 6.45) is 5.63. The monoisotopic (exact) mass is 752 g/mol. The smallest absolute Gasteiger partial charge is 0.0938 e. The predicted molar refractivity (Wildman–Crippen MR) is 223 cm³/mol. The lowest BCUT2D eigenvalue weighted by molar-refractivity contribution is -0.0514. The molecule has 0 amide bonds. The minimum absolute atomic E-state index is 0.190. The molecule has 1 unspecified atom stereocenters. The molecule has 0 bridgehead atoms. The van der Waals surface area contributed by atoms with Crippen LogP contribution in [0.15, 0.2) is 0 Å². The molecule has 11 nitrogen and oxygen atoms in total. The highest BCUT2D eigenvalue weighted by atomic mass is 16.5. The van der Waals surface area contributed by atoms with E-state index in [-0.39, 0.29) is 36.6 Å². The Kier molecular flexibility index (Phi) is 40.3. The highest BCUT2D eigenvalue weighted by Gasteiger charge is 2.14. The number of rotatable bonds is 25. The van der Waals surface area contributed by atoms with Crippen LogP contribution in [-0.2, 0) is 28.4 Å². The first-order chi connectivity index (χ1) is 24.4. The van der Waals surface area contributed by atoms with Gasteiger partial charge in [0.25, 0.3) is 0 Å². The van der Waals surface area contributed by atoms with Crippen LogP contribution in [0.25, 0.3) is 0 Å². The van der Waals surface area contributed by atoms with Crippen molar-refractivity contribution in [2.24, 2.45) is 0 Å². The average Bonchev–Trinajstić information content (AvgIpc) is 3.03. The minimum Gasteiger partial charge on any atom is -0.379 e. The van der Waals surface area contributed by atoms with Crippen molar-refractivity contribution in [1.82, 2.24) is 24.5 Å². The summed E-state index contributed by atoms with van der Waals surface area (Å²) in [5.41, 5.74) is 0. The van der Waals surface area contributed by atoms with Gasteiger partial charge in [0.05, 0.1) is 56.4 Å². The second-order valence-corrected chi connectivity index (χ2v) is 15.7. The van der Waals surface area contributed by atoms with Crippen molar-refractivity contribution in [3.05, 3.63) is 0 Å². The maximum absolute atomic E-state index is 5.70. The molecule has 0 aromatic rings. The fourth-order valence-corrected chi connectivity index (χ4v) is 5.27. The summed E-state index contributed by atoms with van der Waals surface area (Å²) < 4.78 is 33.1. The molecule has 1 rings (SSSR count). The minimum atomic E-state index is 0.190. The Bertz CT molecular complexity index is 613. The molecule has 52 heavy (non-hydrogen) atoms. The third-order valence-electron chi connectivity index (χ3n) is 7.72. The van der Waals surface area contributed by atoms with Gasteiger partial charge in [-0.1, -0.05) is 6.42 Å². The van der Waals surface area contributed by atoms with Crippen LogP contribution in [-0.4, -0.2) is 202 Å². The van der Waals surface area contributed by atoms with E-state index in [4.69, 9.17) is 28.4 Å². The van der Waals surface area contributed by atoms with Gasteiger partial charge in [0.2, 0.25) is 0 Å². The van der Waals surface area contributed by atoms with Crippen LogP contribution in [0.3, 0.4) is 0 Å². The van der Waals surface area contributed by atoms with E-state index in [1.54, 1.807) is 0 Å². The molecule has 1 aliphatic heterocycles. The summed E-state index contributed by atoms with van der Waals surface area (Å²) in [5.74, 6) is 0. The first-order valence-corrected chi connectivity index (χ1v) is 20.4. The van der Waals surface area contributed by atoms with Gasteiger partial charge in [-0.25, -0.2) is 0 Å². The second kappa shape index (κ2) is 37.5. The number of likely N-dealkylation sites (N-methyl/N-ethyl adjacent to an activating group) is 4. The average molecular weight is 752 g/mol. The molecule has 0 aromatic carbocycles. The number of hydrogen-bond acceptors (Lipinski definition) is 11. The molecule has 0 spiro atoms. The lowest BCUT2D eigenvalue weighted by Gasteiger charge is -2.29. The van der Waals surface area contributed by atoms with E-state index < -0.39 is 0 Å². The first-order valence-electron chi connectivity index (χ1n) is 20.4. The molecular formula is C41H93N5O6. The van der Waals surface area contributed by atoms with Gasteiger partial charge in [-0.05, 0) is 151 Å². The third-order valence-corrected chi connectivity index (χ3v) is 7.72. The Morgan fingerprint density at radius 2 is 0.788 bits per heavy atom. The van der Waals surface area contributed by atoms with E-state index >= 15 is 0 Å². The van der Waals surface area contributed by atoms with Gasteiger partial charge < -0.3 is 52.9 Å². The maximum atomic E-state index is 5.70. The van der Waals surface area contributed by atoms with E-state index in [1.807, 2.05) is 63.1 Å². The number of ether oxygens (including phenoxy) is 6. The van der Waals surface area contributed by atoms with E-state index in [2.05, 4.69) is 86.9 Å². The summed E-state index contributed by atoms with van der Waals surface area (Å²) in [5, 5.41) is 0. The molecule has 11 heteroatoms. The predicted octanol–water partition coefficient (Wildman–Crippen LogP) is 5.95. The van der Waals surface area contributed by atoms with Gasteiger partial charge >= 0.3 is 0 Å². The summed E-state index contributed by atoms with van der Waals surface area (Å²) in [4.78, 5) is 11.4. The van der Waals surface area contributed by atoms with Crippen LogP contribution in [0.4, 0.5) is 0 Å². The van der Waals surface area contributed by atoms with E-state index in [9.17, 15) is 0 Å². The molecule has 1 fully saturated rings. The number of hydrogen-bond donors (Lipinski definition) is 0. The van der Waals surface area contributed by atoms with Crippen molar-refractivity contribution in [1.29, 1.82) is 0 Å². The van der Waals surface area contributed by atoms with Crippen LogP contribution >= 0.6 is 0 Å². The fraction of sp³-hybridized carbons (Fsp3) is 1.00. The van der Waals surface area contributed by atoms with Crippen LogP contribution < -0.4 is 0 Å². The Labute approximate surface area is 325 Å². The molecule has 0 aromatic heterocycles. The standard InChI is InChI=1S/C11H24N2.3C10H23NO2/c1-11(2)12(3)9-10-13-7-5-4-6-8-13;3*1-6-12-8-10(7-11(4)5)13-9(2)3/h11H,4-10H2,1-3H3;3*9-10H,6-8H2,1-5H3/t;2*10-;/m.10./s1. The van der Waals surface area contributed by atoms with Crippen molar-refractivity contribution < 1.29 is 28.4 Å². The van der Waals surface area contributed by atoms with Crippen LogP contribution in [0.2, 0.25) is 0 Å². The highest BCUT2D eigenvalue weighted by molar-refractivity contribution is 4.67. The first kappa shape index (κ1) is 55.9. The Balaban J connectivity index is -0.000000616.